The number of carbonyl (C=O) groups excluding carboxylic acids is 2. The summed E-state index contributed by atoms with van der Waals surface area (Å²) in [6, 6.07) is 8.69. The van der Waals surface area contributed by atoms with Gasteiger partial charge in [0.15, 0.2) is 0 Å². The first-order chi connectivity index (χ1) is 13.3. The summed E-state index contributed by atoms with van der Waals surface area (Å²) in [6.07, 6.45) is 4.60. The Balaban J connectivity index is 1.75. The fourth-order valence-corrected chi connectivity index (χ4v) is 2.67. The lowest BCUT2D eigenvalue weighted by atomic mass is 10.0. The average molecular weight is 386 g/mol. The van der Waals surface area contributed by atoms with E-state index in [9.17, 15) is 14.4 Å². The minimum Gasteiger partial charge on any atom is -0.480 e. The van der Waals surface area contributed by atoms with Crippen molar-refractivity contribution in [1.29, 1.82) is 0 Å². The predicted octanol–water partition coefficient (Wildman–Crippen LogP) is 1.54. The lowest BCUT2D eigenvalue weighted by Crippen LogP contribution is -2.46. The Hall–Kier alpha value is -3.16. The van der Waals surface area contributed by atoms with Crippen LogP contribution in [0.25, 0.3) is 5.69 Å². The van der Waals surface area contributed by atoms with Crippen LogP contribution in [0, 0.1) is 5.92 Å². The molecule has 8 nitrogen and oxygen atoms in total. The fourth-order valence-electron chi connectivity index (χ4n) is 2.67. The van der Waals surface area contributed by atoms with E-state index >= 15 is 0 Å². The van der Waals surface area contributed by atoms with Gasteiger partial charge in [-0.05, 0) is 36.5 Å². The Morgan fingerprint density at radius 1 is 1.14 bits per heavy atom. The number of carboxylic acid groups (broad SMARTS) is 1. The summed E-state index contributed by atoms with van der Waals surface area (Å²) in [7, 11) is 0. The van der Waals surface area contributed by atoms with Crippen molar-refractivity contribution in [2.24, 2.45) is 5.92 Å². The third kappa shape index (κ3) is 6.86. The number of para-hydroxylation sites is 1. The van der Waals surface area contributed by atoms with Crippen molar-refractivity contribution in [2.45, 2.75) is 39.2 Å². The smallest absolute Gasteiger partial charge is 0.326 e. The van der Waals surface area contributed by atoms with Crippen LogP contribution in [0.1, 0.15) is 32.3 Å². The zero-order valence-electron chi connectivity index (χ0n) is 16.1. The van der Waals surface area contributed by atoms with E-state index in [1.165, 1.54) is 0 Å². The molecule has 8 heteroatoms. The number of rotatable bonds is 10. The van der Waals surface area contributed by atoms with Crippen LogP contribution in [0.4, 0.5) is 0 Å². The third-order valence-electron chi connectivity index (χ3n) is 4.08. The lowest BCUT2D eigenvalue weighted by molar-refractivity contribution is -0.142. The average Bonchev–Trinajstić information content (AvgIpc) is 3.13. The molecule has 3 N–H and O–H groups in total. The summed E-state index contributed by atoms with van der Waals surface area (Å²) in [5, 5.41) is 18.4. The maximum absolute atomic E-state index is 12.0. The molecular weight excluding hydrogens is 360 g/mol. The summed E-state index contributed by atoms with van der Waals surface area (Å²) >= 11 is 0. The van der Waals surface area contributed by atoms with Crippen molar-refractivity contribution in [1.82, 2.24) is 20.4 Å². The van der Waals surface area contributed by atoms with Gasteiger partial charge in [0.1, 0.15) is 6.04 Å². The normalized spacial score (nSPS) is 11.8. The molecule has 1 atom stereocenters. The molecule has 1 aromatic heterocycles. The first-order valence-electron chi connectivity index (χ1n) is 9.23. The highest BCUT2D eigenvalue weighted by molar-refractivity contribution is 5.87. The Kier molecular flexibility index (Phi) is 7.74. The SMILES string of the molecule is CC(C)C[C@H](NC(=O)CNC(=O)CCc1cnn(-c2ccccc2)c1)C(=O)O. The zero-order valence-corrected chi connectivity index (χ0v) is 16.1. The van der Waals surface area contributed by atoms with E-state index in [-0.39, 0.29) is 24.8 Å². The number of aryl methyl sites for hydroxylation is 1. The molecular formula is C20H26N4O4. The molecule has 0 aliphatic carbocycles. The van der Waals surface area contributed by atoms with Crippen molar-refractivity contribution in [3.05, 3.63) is 48.3 Å². The third-order valence-corrected chi connectivity index (χ3v) is 4.08. The molecule has 0 bridgehead atoms. The van der Waals surface area contributed by atoms with Crippen LogP contribution in [0.15, 0.2) is 42.7 Å². The highest BCUT2D eigenvalue weighted by Gasteiger charge is 2.21. The van der Waals surface area contributed by atoms with Crippen LogP contribution in [0.5, 0.6) is 0 Å². The number of amides is 2. The van der Waals surface area contributed by atoms with E-state index in [2.05, 4.69) is 15.7 Å². The molecule has 0 unspecified atom stereocenters. The number of hydrogen-bond donors (Lipinski definition) is 3. The largest absolute Gasteiger partial charge is 0.480 e. The summed E-state index contributed by atoms with van der Waals surface area (Å²) in [6.45, 7) is 3.51. The van der Waals surface area contributed by atoms with Crippen LogP contribution in [0.3, 0.4) is 0 Å². The quantitative estimate of drug-likeness (QED) is 0.573. The lowest BCUT2D eigenvalue weighted by Gasteiger charge is -2.16. The van der Waals surface area contributed by atoms with Gasteiger partial charge in [-0.3, -0.25) is 9.59 Å². The van der Waals surface area contributed by atoms with Crippen molar-refractivity contribution in [2.75, 3.05) is 6.54 Å². The Morgan fingerprint density at radius 2 is 1.86 bits per heavy atom. The Labute approximate surface area is 163 Å². The molecule has 28 heavy (non-hydrogen) atoms. The number of nitrogens with zero attached hydrogens (tertiary/aromatic N) is 2. The van der Waals surface area contributed by atoms with E-state index < -0.39 is 17.9 Å². The van der Waals surface area contributed by atoms with Crippen LogP contribution in [-0.2, 0) is 20.8 Å². The van der Waals surface area contributed by atoms with Gasteiger partial charge in [-0.25, -0.2) is 9.48 Å². The number of benzene rings is 1. The molecule has 0 radical (unpaired) electrons. The van der Waals surface area contributed by atoms with E-state index in [4.69, 9.17) is 5.11 Å². The van der Waals surface area contributed by atoms with Crippen molar-refractivity contribution in [3.8, 4) is 5.69 Å². The van der Waals surface area contributed by atoms with E-state index in [0.29, 0.717) is 12.8 Å². The minimum atomic E-state index is -1.08. The number of hydrogen-bond acceptors (Lipinski definition) is 4. The maximum Gasteiger partial charge on any atom is 0.326 e. The van der Waals surface area contributed by atoms with Gasteiger partial charge in [0.05, 0.1) is 18.4 Å². The topological polar surface area (TPSA) is 113 Å². The molecule has 0 saturated heterocycles. The summed E-state index contributed by atoms with van der Waals surface area (Å²) in [5.41, 5.74) is 1.84. The van der Waals surface area contributed by atoms with Crippen LogP contribution in [-0.4, -0.2) is 45.3 Å². The molecule has 2 rings (SSSR count). The van der Waals surface area contributed by atoms with E-state index in [0.717, 1.165) is 11.3 Å². The second-order valence-corrected chi connectivity index (χ2v) is 6.99. The van der Waals surface area contributed by atoms with Gasteiger partial charge in [0.25, 0.3) is 0 Å². The first kappa shape index (κ1) is 21.1. The van der Waals surface area contributed by atoms with Crippen molar-refractivity contribution >= 4 is 17.8 Å². The standard InChI is InChI=1S/C20H26N4O4/c1-14(2)10-17(20(27)28)23-19(26)12-21-18(25)9-8-15-11-22-24(13-15)16-6-4-3-5-7-16/h3-7,11,13-14,17H,8-10,12H2,1-2H3,(H,21,25)(H,23,26)(H,27,28)/t17-/m0/s1. The molecule has 1 aromatic carbocycles. The second kappa shape index (κ2) is 10.2. The summed E-state index contributed by atoms with van der Waals surface area (Å²) in [4.78, 5) is 35.0. The van der Waals surface area contributed by atoms with Gasteiger partial charge >= 0.3 is 5.97 Å². The van der Waals surface area contributed by atoms with E-state index in [1.54, 1.807) is 10.9 Å². The van der Waals surface area contributed by atoms with Crippen LogP contribution < -0.4 is 10.6 Å². The monoisotopic (exact) mass is 386 g/mol. The van der Waals surface area contributed by atoms with Gasteiger partial charge in [-0.1, -0.05) is 32.0 Å². The molecule has 1 heterocycles. The number of carboxylic acids is 1. The van der Waals surface area contributed by atoms with Crippen LogP contribution >= 0.6 is 0 Å². The summed E-state index contributed by atoms with van der Waals surface area (Å²) in [5.74, 6) is -1.74. The predicted molar refractivity (Wildman–Crippen MR) is 104 cm³/mol. The van der Waals surface area contributed by atoms with E-state index in [1.807, 2.05) is 50.4 Å². The molecule has 0 aliphatic rings. The van der Waals surface area contributed by atoms with Gasteiger partial charge in [-0.2, -0.15) is 5.10 Å². The molecule has 2 amide bonds. The highest BCUT2D eigenvalue weighted by atomic mass is 16.4. The van der Waals surface area contributed by atoms with Crippen molar-refractivity contribution in [3.63, 3.8) is 0 Å². The minimum absolute atomic E-state index is 0.132. The molecule has 2 aromatic rings. The van der Waals surface area contributed by atoms with Gasteiger partial charge < -0.3 is 15.7 Å². The number of carbonyl (C=O) groups is 3. The number of nitrogens with one attached hydrogen (secondary N) is 2. The second-order valence-electron chi connectivity index (χ2n) is 6.99. The zero-order chi connectivity index (χ0) is 20.5. The number of aliphatic carboxylic acids is 1. The summed E-state index contributed by atoms with van der Waals surface area (Å²) < 4.78 is 1.74. The van der Waals surface area contributed by atoms with Gasteiger partial charge in [0, 0.05) is 12.6 Å². The molecule has 150 valence electrons. The van der Waals surface area contributed by atoms with Gasteiger partial charge in [0.2, 0.25) is 11.8 Å². The molecule has 0 fully saturated rings. The van der Waals surface area contributed by atoms with Crippen LogP contribution in [0.2, 0.25) is 0 Å². The Morgan fingerprint density at radius 3 is 2.50 bits per heavy atom. The highest BCUT2D eigenvalue weighted by Crippen LogP contribution is 2.09. The molecule has 0 aliphatic heterocycles. The molecule has 0 spiro atoms. The number of aromatic nitrogens is 2. The van der Waals surface area contributed by atoms with Gasteiger partial charge in [-0.15, -0.1) is 0 Å². The van der Waals surface area contributed by atoms with Crippen molar-refractivity contribution < 1.29 is 19.5 Å². The molecule has 0 saturated carbocycles. The maximum atomic E-state index is 12.0. The fraction of sp³-hybridized carbons (Fsp3) is 0.400. The Bertz CT molecular complexity index is 802. The first-order valence-corrected chi connectivity index (χ1v) is 9.23.